The van der Waals surface area contributed by atoms with Crippen LogP contribution in [-0.4, -0.2) is 21.3 Å². The first kappa shape index (κ1) is 18.3. The molecule has 0 spiro atoms. The quantitative estimate of drug-likeness (QED) is 0.549. The van der Waals surface area contributed by atoms with E-state index >= 15 is 0 Å². The fourth-order valence-corrected chi connectivity index (χ4v) is 3.14. The van der Waals surface area contributed by atoms with Crippen molar-refractivity contribution in [3.8, 4) is 11.5 Å². The summed E-state index contributed by atoms with van der Waals surface area (Å²) in [5, 5.41) is 28.6. The number of aromatic carboxylic acids is 1. The molecule has 0 saturated heterocycles. The number of hydrogen-bond donors (Lipinski definition) is 3. The highest BCUT2D eigenvalue weighted by Gasteiger charge is 2.14. The Morgan fingerprint density at radius 3 is 1.67 bits per heavy atom. The molecular formula is C23H20O4. The minimum Gasteiger partial charge on any atom is -0.508 e. The Balaban J connectivity index is 2.28. The lowest BCUT2D eigenvalue weighted by molar-refractivity contribution is 0.0697. The lowest BCUT2D eigenvalue weighted by atomic mass is 9.87. The monoisotopic (exact) mass is 360 g/mol. The van der Waals surface area contributed by atoms with Gasteiger partial charge in [-0.25, -0.2) is 4.79 Å². The minimum absolute atomic E-state index is 0.176. The molecule has 0 saturated carbocycles. The zero-order valence-corrected chi connectivity index (χ0v) is 14.9. The molecule has 4 nitrogen and oxygen atoms in total. The van der Waals surface area contributed by atoms with Crippen LogP contribution in [0.4, 0.5) is 0 Å². The van der Waals surface area contributed by atoms with Crippen LogP contribution in [0.15, 0.2) is 72.8 Å². The van der Waals surface area contributed by atoms with Crippen LogP contribution in [0.3, 0.4) is 0 Å². The summed E-state index contributed by atoms with van der Waals surface area (Å²) in [4.78, 5) is 11.4. The Kier molecular flexibility index (Phi) is 5.27. The number of phenols is 2. The van der Waals surface area contributed by atoms with E-state index in [-0.39, 0.29) is 17.1 Å². The standard InChI is InChI=1S/C23H20O4/c1-2-21(17-4-3-5-18(14-17)23(26)27)22(15-6-10-19(24)11-7-15)16-8-12-20(25)13-9-16/h3-14,24-25H,2H2,1H3,(H,26,27). The van der Waals surface area contributed by atoms with Crippen molar-refractivity contribution >= 4 is 17.1 Å². The average molecular weight is 360 g/mol. The molecule has 0 aromatic heterocycles. The number of rotatable bonds is 5. The molecule has 0 aliphatic carbocycles. The topological polar surface area (TPSA) is 77.8 Å². The summed E-state index contributed by atoms with van der Waals surface area (Å²) in [5.41, 5.74) is 4.77. The zero-order chi connectivity index (χ0) is 19.4. The smallest absolute Gasteiger partial charge is 0.335 e. The second-order valence-electron chi connectivity index (χ2n) is 6.19. The highest BCUT2D eigenvalue weighted by molar-refractivity contribution is 5.99. The third-order valence-corrected chi connectivity index (χ3v) is 4.43. The van der Waals surface area contributed by atoms with Crippen LogP contribution in [0, 0.1) is 0 Å². The van der Waals surface area contributed by atoms with Gasteiger partial charge in [-0.2, -0.15) is 0 Å². The maximum absolute atomic E-state index is 11.4. The Morgan fingerprint density at radius 2 is 1.22 bits per heavy atom. The number of benzene rings is 3. The van der Waals surface area contributed by atoms with Gasteiger partial charge in [-0.1, -0.05) is 43.3 Å². The van der Waals surface area contributed by atoms with Gasteiger partial charge in [-0.05, 0) is 70.7 Å². The van der Waals surface area contributed by atoms with E-state index < -0.39 is 5.97 Å². The summed E-state index contributed by atoms with van der Waals surface area (Å²) < 4.78 is 0. The number of carboxylic acid groups (broad SMARTS) is 1. The summed E-state index contributed by atoms with van der Waals surface area (Å²) >= 11 is 0. The number of carbonyl (C=O) groups is 1. The highest BCUT2D eigenvalue weighted by atomic mass is 16.4. The molecule has 27 heavy (non-hydrogen) atoms. The summed E-state index contributed by atoms with van der Waals surface area (Å²) in [6.07, 6.45) is 0.681. The van der Waals surface area contributed by atoms with E-state index in [1.807, 2.05) is 37.3 Å². The summed E-state index contributed by atoms with van der Waals surface area (Å²) in [7, 11) is 0. The van der Waals surface area contributed by atoms with Crippen molar-refractivity contribution in [2.24, 2.45) is 0 Å². The molecule has 136 valence electrons. The van der Waals surface area contributed by atoms with Gasteiger partial charge in [0.05, 0.1) is 5.56 Å². The molecule has 0 radical (unpaired) electrons. The largest absolute Gasteiger partial charge is 0.508 e. The van der Waals surface area contributed by atoms with Crippen molar-refractivity contribution in [2.75, 3.05) is 0 Å². The van der Waals surface area contributed by atoms with Gasteiger partial charge in [0, 0.05) is 0 Å². The van der Waals surface area contributed by atoms with E-state index in [1.54, 1.807) is 42.5 Å². The summed E-state index contributed by atoms with van der Waals surface area (Å²) in [6.45, 7) is 2.02. The van der Waals surface area contributed by atoms with E-state index in [9.17, 15) is 20.1 Å². The lowest BCUT2D eigenvalue weighted by Gasteiger charge is -2.17. The molecule has 0 bridgehead atoms. The number of carboxylic acids is 1. The Hall–Kier alpha value is -3.53. The summed E-state index contributed by atoms with van der Waals surface area (Å²) in [6, 6.07) is 20.7. The molecule has 3 rings (SSSR count). The second kappa shape index (κ2) is 7.79. The molecule has 0 unspecified atom stereocenters. The molecule has 0 fully saturated rings. The number of hydrogen-bond acceptors (Lipinski definition) is 3. The number of allylic oxidation sites excluding steroid dienone is 1. The summed E-state index contributed by atoms with van der Waals surface area (Å²) in [5.74, 6) is -0.618. The maximum atomic E-state index is 11.4. The van der Waals surface area contributed by atoms with Crippen LogP contribution >= 0.6 is 0 Å². The third kappa shape index (κ3) is 4.01. The number of aromatic hydroxyl groups is 2. The van der Waals surface area contributed by atoms with Gasteiger partial charge in [-0.15, -0.1) is 0 Å². The van der Waals surface area contributed by atoms with Crippen molar-refractivity contribution in [3.63, 3.8) is 0 Å². The van der Waals surface area contributed by atoms with Crippen LogP contribution in [0.5, 0.6) is 11.5 Å². The SMILES string of the molecule is CCC(=C(c1ccc(O)cc1)c1ccc(O)cc1)c1cccc(C(=O)O)c1. The molecule has 3 aromatic carbocycles. The maximum Gasteiger partial charge on any atom is 0.335 e. The first-order valence-electron chi connectivity index (χ1n) is 8.65. The molecule has 0 heterocycles. The lowest BCUT2D eigenvalue weighted by Crippen LogP contribution is -1.99. The minimum atomic E-state index is -0.969. The van der Waals surface area contributed by atoms with Gasteiger partial charge in [0.2, 0.25) is 0 Å². The Morgan fingerprint density at radius 1 is 0.741 bits per heavy atom. The predicted octanol–water partition coefficient (Wildman–Crippen LogP) is 5.17. The molecule has 3 N–H and O–H groups in total. The fourth-order valence-electron chi connectivity index (χ4n) is 3.14. The first-order valence-corrected chi connectivity index (χ1v) is 8.65. The average Bonchev–Trinajstić information content (AvgIpc) is 2.68. The fraction of sp³-hybridized carbons (Fsp3) is 0.0870. The molecule has 0 aliphatic heterocycles. The van der Waals surface area contributed by atoms with Gasteiger partial charge < -0.3 is 15.3 Å². The van der Waals surface area contributed by atoms with Crippen LogP contribution in [-0.2, 0) is 0 Å². The van der Waals surface area contributed by atoms with Crippen molar-refractivity contribution in [1.29, 1.82) is 0 Å². The normalized spacial score (nSPS) is 10.4. The van der Waals surface area contributed by atoms with Crippen molar-refractivity contribution in [3.05, 3.63) is 95.1 Å². The number of phenolic OH excluding ortho intramolecular Hbond substituents is 2. The third-order valence-electron chi connectivity index (χ3n) is 4.43. The van der Waals surface area contributed by atoms with E-state index in [2.05, 4.69) is 0 Å². The van der Waals surface area contributed by atoms with Gasteiger partial charge in [-0.3, -0.25) is 0 Å². The highest BCUT2D eigenvalue weighted by Crippen LogP contribution is 2.35. The Labute approximate surface area is 157 Å². The van der Waals surface area contributed by atoms with Gasteiger partial charge in [0.15, 0.2) is 0 Å². The predicted molar refractivity (Wildman–Crippen MR) is 106 cm³/mol. The van der Waals surface area contributed by atoms with Crippen LogP contribution in [0.2, 0.25) is 0 Å². The van der Waals surface area contributed by atoms with Crippen LogP contribution < -0.4 is 0 Å². The van der Waals surface area contributed by atoms with E-state index in [1.165, 1.54) is 0 Å². The first-order chi connectivity index (χ1) is 13.0. The van der Waals surface area contributed by atoms with Crippen molar-refractivity contribution < 1.29 is 20.1 Å². The van der Waals surface area contributed by atoms with E-state index in [4.69, 9.17) is 0 Å². The van der Waals surface area contributed by atoms with Gasteiger partial charge >= 0.3 is 5.97 Å². The molecule has 0 atom stereocenters. The molecule has 0 aliphatic rings. The van der Waals surface area contributed by atoms with E-state index in [0.29, 0.717) is 6.42 Å². The zero-order valence-electron chi connectivity index (χ0n) is 14.9. The van der Waals surface area contributed by atoms with Gasteiger partial charge in [0.1, 0.15) is 11.5 Å². The second-order valence-corrected chi connectivity index (χ2v) is 6.19. The van der Waals surface area contributed by atoms with Crippen LogP contribution in [0.25, 0.3) is 11.1 Å². The molecule has 0 amide bonds. The molecule has 3 aromatic rings. The van der Waals surface area contributed by atoms with Gasteiger partial charge in [0.25, 0.3) is 0 Å². The van der Waals surface area contributed by atoms with Crippen LogP contribution in [0.1, 0.15) is 40.4 Å². The van der Waals surface area contributed by atoms with Crippen molar-refractivity contribution in [1.82, 2.24) is 0 Å². The van der Waals surface area contributed by atoms with Crippen molar-refractivity contribution in [2.45, 2.75) is 13.3 Å². The Bertz CT molecular complexity index is 936. The molecule has 4 heteroatoms. The molecular weight excluding hydrogens is 340 g/mol. The van der Waals surface area contributed by atoms with E-state index in [0.717, 1.165) is 27.8 Å².